The second kappa shape index (κ2) is 7.87. The molecule has 3 N–H and O–H groups in total. The minimum Gasteiger partial charge on any atom is -0.354 e. The third-order valence-electron chi connectivity index (χ3n) is 2.66. The van der Waals surface area contributed by atoms with Crippen molar-refractivity contribution in [2.75, 3.05) is 29.1 Å². The molecule has 0 unspecified atom stereocenters. The molecule has 0 saturated carbocycles. The van der Waals surface area contributed by atoms with Crippen LogP contribution in [0.4, 0.5) is 17.8 Å². The Morgan fingerprint density at radius 2 is 1.64 bits per heavy atom. The molecule has 0 radical (unpaired) electrons. The molecule has 2 aromatic heterocycles. The van der Waals surface area contributed by atoms with E-state index in [1.807, 2.05) is 39.0 Å². The van der Waals surface area contributed by atoms with Crippen molar-refractivity contribution in [1.82, 2.24) is 19.9 Å². The maximum Gasteiger partial charge on any atom is 0.250 e. The topological polar surface area (TPSA) is 100 Å². The minimum absolute atomic E-state index is 0.372. The second-order valence-corrected chi connectivity index (χ2v) is 4.39. The lowest BCUT2D eigenvalue weighted by molar-refractivity contribution is 0.991. The van der Waals surface area contributed by atoms with Crippen LogP contribution in [0.3, 0.4) is 0 Å². The van der Waals surface area contributed by atoms with Crippen LogP contribution in [0.2, 0.25) is 0 Å². The highest BCUT2D eigenvalue weighted by molar-refractivity contribution is 5.97. The number of nitrogens with one attached hydrogen (secondary N) is 3. The average molecular weight is 300 g/mol. The zero-order valence-electron chi connectivity index (χ0n) is 13.0. The molecule has 2 rings (SSSR count). The fourth-order valence-electron chi connectivity index (χ4n) is 1.67. The number of hydrazone groups is 1. The van der Waals surface area contributed by atoms with Crippen molar-refractivity contribution in [1.29, 1.82) is 0 Å². The standard InChI is InChI=1S/C14H20N8/c1-4-15-12-18-13(16-5-2)20-14(19-12)22-21-10(3)11-8-6-7-9-17-11/h6-9H,4-5H2,1-3H3,(H3,15,16,18,19,20,22)/b21-10+. The Balaban J connectivity index is 2.17. The van der Waals surface area contributed by atoms with E-state index in [0.717, 1.165) is 24.5 Å². The van der Waals surface area contributed by atoms with Crippen LogP contribution < -0.4 is 16.1 Å². The molecule has 0 saturated heterocycles. The lowest BCUT2D eigenvalue weighted by atomic mass is 10.3. The summed E-state index contributed by atoms with van der Waals surface area (Å²) >= 11 is 0. The number of hydrogen-bond donors (Lipinski definition) is 3. The Morgan fingerprint density at radius 3 is 2.18 bits per heavy atom. The Labute approximate surface area is 129 Å². The van der Waals surface area contributed by atoms with E-state index in [1.54, 1.807) is 6.20 Å². The van der Waals surface area contributed by atoms with E-state index < -0.39 is 0 Å². The van der Waals surface area contributed by atoms with Crippen LogP contribution in [0.25, 0.3) is 0 Å². The van der Waals surface area contributed by atoms with Gasteiger partial charge in [-0.2, -0.15) is 20.1 Å². The number of hydrogen-bond acceptors (Lipinski definition) is 8. The minimum atomic E-state index is 0.372. The molecule has 8 nitrogen and oxygen atoms in total. The molecule has 0 amide bonds. The number of nitrogens with zero attached hydrogens (tertiary/aromatic N) is 5. The SMILES string of the molecule is CCNc1nc(NCC)nc(N/N=C(\C)c2ccccn2)n1. The van der Waals surface area contributed by atoms with Crippen LogP contribution in [0.1, 0.15) is 26.5 Å². The monoisotopic (exact) mass is 300 g/mol. The molecule has 116 valence electrons. The van der Waals surface area contributed by atoms with Crippen LogP contribution in [-0.4, -0.2) is 38.7 Å². The number of aromatic nitrogens is 4. The Bertz CT molecular complexity index is 602. The quantitative estimate of drug-likeness (QED) is 0.531. The summed E-state index contributed by atoms with van der Waals surface area (Å²) in [6.07, 6.45) is 1.73. The van der Waals surface area contributed by atoms with Gasteiger partial charge < -0.3 is 10.6 Å². The van der Waals surface area contributed by atoms with Gasteiger partial charge in [-0.1, -0.05) is 6.07 Å². The Hall–Kier alpha value is -2.77. The van der Waals surface area contributed by atoms with Gasteiger partial charge in [-0.15, -0.1) is 0 Å². The van der Waals surface area contributed by atoms with E-state index >= 15 is 0 Å². The molecule has 8 heteroatoms. The molecule has 0 aromatic carbocycles. The van der Waals surface area contributed by atoms with E-state index in [2.05, 4.69) is 41.1 Å². The van der Waals surface area contributed by atoms with Crippen molar-refractivity contribution in [3.05, 3.63) is 30.1 Å². The third-order valence-corrected chi connectivity index (χ3v) is 2.66. The highest BCUT2D eigenvalue weighted by Gasteiger charge is 2.05. The van der Waals surface area contributed by atoms with Gasteiger partial charge in [0.05, 0.1) is 11.4 Å². The van der Waals surface area contributed by atoms with Crippen LogP contribution >= 0.6 is 0 Å². The fraction of sp³-hybridized carbons (Fsp3) is 0.357. The van der Waals surface area contributed by atoms with Crippen LogP contribution in [-0.2, 0) is 0 Å². The Morgan fingerprint density at radius 1 is 1.00 bits per heavy atom. The van der Waals surface area contributed by atoms with Crippen molar-refractivity contribution >= 4 is 23.6 Å². The number of pyridine rings is 1. The highest BCUT2D eigenvalue weighted by atomic mass is 15.4. The van der Waals surface area contributed by atoms with Gasteiger partial charge in [0.2, 0.25) is 17.8 Å². The zero-order chi connectivity index (χ0) is 15.8. The lowest BCUT2D eigenvalue weighted by Crippen LogP contribution is -2.11. The maximum absolute atomic E-state index is 4.26. The summed E-state index contributed by atoms with van der Waals surface area (Å²) in [5, 5.41) is 10.4. The third kappa shape index (κ3) is 4.37. The Kier molecular flexibility index (Phi) is 5.58. The smallest absolute Gasteiger partial charge is 0.250 e. The largest absolute Gasteiger partial charge is 0.354 e. The molecule has 0 fully saturated rings. The summed E-state index contributed by atoms with van der Waals surface area (Å²) in [6.45, 7) is 7.28. The summed E-state index contributed by atoms with van der Waals surface area (Å²) in [5.74, 6) is 1.38. The van der Waals surface area contributed by atoms with E-state index in [1.165, 1.54) is 0 Å². The first kappa shape index (κ1) is 15.6. The first-order valence-electron chi connectivity index (χ1n) is 7.18. The zero-order valence-corrected chi connectivity index (χ0v) is 13.0. The molecule has 0 aliphatic heterocycles. The molecule has 2 heterocycles. The van der Waals surface area contributed by atoms with E-state index in [4.69, 9.17) is 0 Å². The molecular formula is C14H20N8. The molecule has 2 aromatic rings. The highest BCUT2D eigenvalue weighted by Crippen LogP contribution is 2.09. The summed E-state index contributed by atoms with van der Waals surface area (Å²) in [6, 6.07) is 5.67. The number of rotatable bonds is 7. The molecule has 22 heavy (non-hydrogen) atoms. The summed E-state index contributed by atoms with van der Waals surface area (Å²) < 4.78 is 0. The van der Waals surface area contributed by atoms with Gasteiger partial charge in [0.1, 0.15) is 0 Å². The second-order valence-electron chi connectivity index (χ2n) is 4.39. The van der Waals surface area contributed by atoms with E-state index in [0.29, 0.717) is 17.8 Å². The summed E-state index contributed by atoms with van der Waals surface area (Å²) in [5.41, 5.74) is 4.39. The van der Waals surface area contributed by atoms with Crippen molar-refractivity contribution in [3.63, 3.8) is 0 Å². The predicted octanol–water partition coefficient (Wildman–Crippen LogP) is 1.97. The fourth-order valence-corrected chi connectivity index (χ4v) is 1.67. The first-order valence-corrected chi connectivity index (χ1v) is 7.18. The molecule has 0 atom stereocenters. The van der Waals surface area contributed by atoms with Crippen LogP contribution in [0.5, 0.6) is 0 Å². The van der Waals surface area contributed by atoms with Gasteiger partial charge in [-0.25, -0.2) is 5.43 Å². The average Bonchev–Trinajstić information content (AvgIpc) is 2.54. The van der Waals surface area contributed by atoms with E-state index in [-0.39, 0.29) is 0 Å². The van der Waals surface area contributed by atoms with Crippen molar-refractivity contribution in [2.24, 2.45) is 5.10 Å². The van der Waals surface area contributed by atoms with Gasteiger partial charge in [0.25, 0.3) is 0 Å². The molecule has 0 bridgehead atoms. The lowest BCUT2D eigenvalue weighted by Gasteiger charge is -2.08. The van der Waals surface area contributed by atoms with Crippen molar-refractivity contribution < 1.29 is 0 Å². The van der Waals surface area contributed by atoms with Gasteiger partial charge in [0.15, 0.2) is 0 Å². The van der Waals surface area contributed by atoms with Gasteiger partial charge in [0, 0.05) is 19.3 Å². The van der Waals surface area contributed by atoms with Gasteiger partial charge in [-0.3, -0.25) is 4.98 Å². The molecular weight excluding hydrogens is 280 g/mol. The first-order chi connectivity index (χ1) is 10.7. The van der Waals surface area contributed by atoms with Crippen molar-refractivity contribution in [3.8, 4) is 0 Å². The molecule has 0 aliphatic rings. The number of anilines is 3. The molecule has 0 aliphatic carbocycles. The van der Waals surface area contributed by atoms with Gasteiger partial charge in [-0.05, 0) is 32.9 Å². The van der Waals surface area contributed by atoms with Crippen molar-refractivity contribution in [2.45, 2.75) is 20.8 Å². The molecule has 0 spiro atoms. The van der Waals surface area contributed by atoms with Gasteiger partial charge >= 0.3 is 0 Å². The normalized spacial score (nSPS) is 11.1. The maximum atomic E-state index is 4.26. The summed E-state index contributed by atoms with van der Waals surface area (Å²) in [4.78, 5) is 17.0. The summed E-state index contributed by atoms with van der Waals surface area (Å²) in [7, 11) is 0. The van der Waals surface area contributed by atoms with Crippen LogP contribution in [0.15, 0.2) is 29.5 Å². The van der Waals surface area contributed by atoms with Crippen LogP contribution in [0, 0.1) is 0 Å². The van der Waals surface area contributed by atoms with E-state index in [9.17, 15) is 0 Å². The predicted molar refractivity (Wildman–Crippen MR) is 88.2 cm³/mol.